The van der Waals surface area contributed by atoms with Crippen LogP contribution < -0.4 is 15.0 Å². The van der Waals surface area contributed by atoms with Gasteiger partial charge in [0.15, 0.2) is 12.6 Å². The molecule has 4 aromatic rings. The summed E-state index contributed by atoms with van der Waals surface area (Å²) >= 11 is 0. The Kier molecular flexibility index (Phi) is 7.63. The summed E-state index contributed by atoms with van der Waals surface area (Å²) in [4.78, 5) is 34.4. The van der Waals surface area contributed by atoms with Crippen molar-refractivity contribution in [3.63, 3.8) is 0 Å². The Hall–Kier alpha value is -4.95. The largest absolute Gasteiger partial charge is 0.468 e. The molecule has 11 heteroatoms. The molecule has 3 fully saturated rings. The number of halogens is 1. The number of nitriles is 1. The van der Waals surface area contributed by atoms with Gasteiger partial charge in [0.25, 0.3) is 0 Å². The number of hydrogen-bond acceptors (Lipinski definition) is 8. The molecule has 8 rings (SSSR count). The maximum absolute atomic E-state index is 17.1. The van der Waals surface area contributed by atoms with Crippen molar-refractivity contribution in [3.05, 3.63) is 60.0 Å². The molecular weight excluding hydrogens is 601 g/mol. The van der Waals surface area contributed by atoms with E-state index >= 15 is 4.39 Å². The number of hydrogen-bond donors (Lipinski definition) is 1. The van der Waals surface area contributed by atoms with Gasteiger partial charge in [-0.2, -0.15) is 5.26 Å². The molecule has 3 atom stereocenters. The van der Waals surface area contributed by atoms with Crippen molar-refractivity contribution in [2.45, 2.75) is 57.7 Å². The van der Waals surface area contributed by atoms with Crippen LogP contribution in [-0.2, 0) is 20.7 Å². The summed E-state index contributed by atoms with van der Waals surface area (Å²) in [5.74, 6) is -0.0579. The Bertz CT molecular complexity index is 1970. The van der Waals surface area contributed by atoms with Gasteiger partial charge in [-0.05, 0) is 73.7 Å². The Morgan fingerprint density at radius 3 is 2.77 bits per heavy atom. The van der Waals surface area contributed by atoms with Gasteiger partial charge in [-0.1, -0.05) is 24.3 Å². The summed E-state index contributed by atoms with van der Waals surface area (Å²) < 4.78 is 33.7. The third-order valence-corrected chi connectivity index (χ3v) is 9.23. The standard InChI is InChI=1S/C36H36FN5O5/c1-36(2,3)47-35(44)41-17-22-14-28(41)33(22)42-18-29(43)40-27-16-39-32-26(34(27)42)13-21(9-7-11-38)30(31(32)37)25-15-23(46-19-45-4)12-20-8-5-6-10-24(20)25/h5-6,8,10,12-13,15-16,22,28,33H,7,9,14,17-19H2,1-4H3,(H,40,43). The third kappa shape index (κ3) is 5.36. The minimum Gasteiger partial charge on any atom is -0.468 e. The van der Waals surface area contributed by atoms with Crippen molar-refractivity contribution in [1.82, 2.24) is 9.88 Å². The van der Waals surface area contributed by atoms with Gasteiger partial charge >= 0.3 is 6.09 Å². The lowest BCUT2D eigenvalue weighted by Gasteiger charge is -2.47. The van der Waals surface area contributed by atoms with E-state index < -0.39 is 11.4 Å². The molecule has 0 spiro atoms. The second-order valence-electron chi connectivity index (χ2n) is 13.4. The normalized spacial score (nSPS) is 20.1. The Morgan fingerprint density at radius 1 is 1.19 bits per heavy atom. The van der Waals surface area contributed by atoms with Crippen molar-refractivity contribution >= 4 is 45.1 Å². The van der Waals surface area contributed by atoms with Crippen LogP contribution in [0.15, 0.2) is 48.7 Å². The van der Waals surface area contributed by atoms with E-state index in [9.17, 15) is 14.9 Å². The first-order valence-electron chi connectivity index (χ1n) is 15.8. The monoisotopic (exact) mass is 637 g/mol. The number of nitrogens with one attached hydrogen (secondary N) is 1. The van der Waals surface area contributed by atoms with Crippen LogP contribution in [0.5, 0.6) is 5.75 Å². The van der Waals surface area contributed by atoms with E-state index in [0.29, 0.717) is 52.2 Å². The Balaban J connectivity index is 1.38. The molecule has 10 nitrogen and oxygen atoms in total. The highest BCUT2D eigenvalue weighted by Crippen LogP contribution is 2.50. The van der Waals surface area contributed by atoms with E-state index in [0.717, 1.165) is 17.2 Å². The van der Waals surface area contributed by atoms with E-state index in [2.05, 4.69) is 16.4 Å². The number of benzene rings is 3. The van der Waals surface area contributed by atoms with Gasteiger partial charge in [0.1, 0.15) is 16.9 Å². The molecule has 2 bridgehead atoms. The quantitative estimate of drug-likeness (QED) is 0.232. The summed E-state index contributed by atoms with van der Waals surface area (Å²) in [6.07, 6.45) is 2.42. The molecule has 242 valence electrons. The highest BCUT2D eigenvalue weighted by atomic mass is 19.1. The van der Waals surface area contributed by atoms with Crippen molar-refractivity contribution < 1.29 is 28.2 Å². The average Bonchev–Trinajstić information content (AvgIpc) is 3.63. The lowest BCUT2D eigenvalue weighted by molar-refractivity contribution is -0.115. The minimum absolute atomic E-state index is 0.0308. The van der Waals surface area contributed by atoms with Crippen LogP contribution in [0.2, 0.25) is 0 Å². The maximum Gasteiger partial charge on any atom is 0.410 e. The molecule has 3 aliphatic heterocycles. The minimum atomic E-state index is -0.630. The Morgan fingerprint density at radius 2 is 2.00 bits per heavy atom. The van der Waals surface area contributed by atoms with E-state index in [1.54, 1.807) is 11.0 Å². The van der Waals surface area contributed by atoms with Crippen LogP contribution in [0.3, 0.4) is 0 Å². The number of nitrogens with zero attached hydrogens (tertiary/aromatic N) is 4. The zero-order valence-corrected chi connectivity index (χ0v) is 26.8. The van der Waals surface area contributed by atoms with E-state index in [1.807, 2.05) is 62.1 Å². The number of carbonyl (C=O) groups is 2. The average molecular weight is 638 g/mol. The Labute approximate surface area is 272 Å². The molecule has 3 unspecified atom stereocenters. The van der Waals surface area contributed by atoms with Crippen LogP contribution in [0.25, 0.3) is 32.8 Å². The zero-order valence-electron chi connectivity index (χ0n) is 26.8. The zero-order chi connectivity index (χ0) is 33.0. The van der Waals surface area contributed by atoms with Crippen LogP contribution in [0.4, 0.5) is 20.6 Å². The highest BCUT2D eigenvalue weighted by Gasteiger charge is 2.58. The van der Waals surface area contributed by atoms with E-state index in [4.69, 9.17) is 14.2 Å². The first-order chi connectivity index (χ1) is 22.6. The molecule has 4 heterocycles. The molecular formula is C36H36FN5O5. The molecule has 47 heavy (non-hydrogen) atoms. The number of carbonyl (C=O) groups excluding carboxylic acids is 2. The van der Waals surface area contributed by atoms with Gasteiger partial charge in [-0.15, -0.1) is 0 Å². The SMILES string of the molecule is COCOc1cc(-c2c(CCC#N)cc3c4c(cnc3c2F)NC(=O)CN4C2C3CC2N(C(=O)OC(C)(C)C)C3)c2ccccc2c1. The number of methoxy groups -OCH3 is 1. The molecule has 4 aliphatic rings. The highest BCUT2D eigenvalue weighted by molar-refractivity contribution is 6.10. The second kappa shape index (κ2) is 11.7. The van der Waals surface area contributed by atoms with Gasteiger partial charge < -0.3 is 29.3 Å². The number of ether oxygens (including phenoxy) is 3. The fourth-order valence-corrected chi connectivity index (χ4v) is 7.37. The maximum atomic E-state index is 17.1. The number of anilines is 2. The molecule has 3 aromatic carbocycles. The first kappa shape index (κ1) is 30.7. The van der Waals surface area contributed by atoms with Gasteiger partial charge in [-0.25, -0.2) is 9.18 Å². The van der Waals surface area contributed by atoms with Crippen molar-refractivity contribution in [2.75, 3.05) is 37.2 Å². The number of amides is 2. The van der Waals surface area contributed by atoms with Crippen molar-refractivity contribution in [3.8, 4) is 22.9 Å². The van der Waals surface area contributed by atoms with Crippen LogP contribution in [-0.4, -0.2) is 66.6 Å². The third-order valence-electron chi connectivity index (χ3n) is 9.23. The first-order valence-corrected chi connectivity index (χ1v) is 15.8. The van der Waals surface area contributed by atoms with Crippen LogP contribution >= 0.6 is 0 Å². The van der Waals surface area contributed by atoms with Crippen LogP contribution in [0.1, 0.15) is 39.2 Å². The van der Waals surface area contributed by atoms with Crippen LogP contribution in [0, 0.1) is 23.1 Å². The molecule has 1 N–H and O–H groups in total. The predicted octanol–water partition coefficient (Wildman–Crippen LogP) is 6.40. The summed E-state index contributed by atoms with van der Waals surface area (Å²) in [5.41, 5.74) is 2.30. The second-order valence-corrected chi connectivity index (χ2v) is 13.4. The van der Waals surface area contributed by atoms with Crippen molar-refractivity contribution in [1.29, 1.82) is 5.26 Å². The molecule has 2 saturated heterocycles. The summed E-state index contributed by atoms with van der Waals surface area (Å²) in [6, 6.07) is 15.2. The number of rotatable bonds is 7. The smallest absolute Gasteiger partial charge is 0.410 e. The van der Waals surface area contributed by atoms with Gasteiger partial charge in [0, 0.05) is 36.9 Å². The topological polar surface area (TPSA) is 117 Å². The molecule has 1 aromatic heterocycles. The number of pyridine rings is 1. The predicted molar refractivity (Wildman–Crippen MR) is 176 cm³/mol. The fraction of sp³-hybridized carbons (Fsp3) is 0.389. The fourth-order valence-electron chi connectivity index (χ4n) is 7.37. The molecule has 0 radical (unpaired) electrons. The van der Waals surface area contributed by atoms with E-state index in [1.165, 1.54) is 13.3 Å². The van der Waals surface area contributed by atoms with Gasteiger partial charge in [-0.3, -0.25) is 9.78 Å². The number of fused-ring (bicyclic) bond motifs is 5. The molecule has 1 saturated carbocycles. The van der Waals surface area contributed by atoms with Gasteiger partial charge in [0.2, 0.25) is 5.91 Å². The summed E-state index contributed by atoms with van der Waals surface area (Å²) in [5, 5.41) is 14.7. The van der Waals surface area contributed by atoms with Crippen molar-refractivity contribution in [2.24, 2.45) is 5.92 Å². The lowest BCUT2D eigenvalue weighted by atomic mass is 9.78. The van der Waals surface area contributed by atoms with E-state index in [-0.39, 0.29) is 55.3 Å². The molecule has 1 aliphatic carbocycles. The summed E-state index contributed by atoms with van der Waals surface area (Å²) in [7, 11) is 1.53. The molecule has 2 amide bonds. The van der Waals surface area contributed by atoms with Gasteiger partial charge in [0.05, 0.1) is 42.3 Å². The summed E-state index contributed by atoms with van der Waals surface area (Å²) in [6.45, 7) is 6.14. The number of aryl methyl sites for hydroxylation is 1. The number of aromatic nitrogens is 1. The lowest BCUT2D eigenvalue weighted by Crippen LogP contribution is -2.58.